The Morgan fingerprint density at radius 1 is 1.19 bits per heavy atom. The van der Waals surface area contributed by atoms with Crippen molar-refractivity contribution in [1.82, 2.24) is 14.5 Å². The molecule has 1 saturated carbocycles. The van der Waals surface area contributed by atoms with Crippen LogP contribution in [0.25, 0.3) is 0 Å². The molecule has 52 heavy (non-hydrogen) atoms. The topological polar surface area (TPSA) is 145 Å². The summed E-state index contributed by atoms with van der Waals surface area (Å²) >= 11 is 6.44. The van der Waals surface area contributed by atoms with Gasteiger partial charge in [0.25, 0.3) is 11.8 Å². The lowest BCUT2D eigenvalue weighted by molar-refractivity contribution is 0.0187. The fourth-order valence-corrected chi connectivity index (χ4v) is 10.2. The van der Waals surface area contributed by atoms with E-state index in [1.54, 1.807) is 39.3 Å². The molecular formula is C38H44ClN5O7S. The van der Waals surface area contributed by atoms with Crippen molar-refractivity contribution >= 4 is 39.0 Å². The first kappa shape index (κ1) is 36.3. The molecule has 2 aliphatic heterocycles. The van der Waals surface area contributed by atoms with Gasteiger partial charge in [-0.2, -0.15) is 0 Å². The summed E-state index contributed by atoms with van der Waals surface area (Å²) in [6.07, 6.45) is 4.52. The molecule has 2 aliphatic carbocycles. The number of aliphatic hydroxyl groups excluding tert-OH is 1. The third-order valence-corrected chi connectivity index (χ3v) is 13.2. The zero-order valence-corrected chi connectivity index (χ0v) is 31.3. The number of nitrogens with one attached hydrogen (secondary N) is 1. The summed E-state index contributed by atoms with van der Waals surface area (Å²) in [6.45, 7) is 3.42. The van der Waals surface area contributed by atoms with Gasteiger partial charge in [-0.05, 0) is 79.5 Å². The van der Waals surface area contributed by atoms with Gasteiger partial charge in [0.1, 0.15) is 33.4 Å². The number of carbonyl (C=O) groups excluding carboxylic acids is 2. The minimum absolute atomic E-state index is 0.0202. The molecule has 0 saturated heterocycles. The number of aromatic nitrogens is 2. The van der Waals surface area contributed by atoms with Crippen LogP contribution in [0.2, 0.25) is 5.02 Å². The van der Waals surface area contributed by atoms with E-state index in [0.29, 0.717) is 30.5 Å². The van der Waals surface area contributed by atoms with E-state index in [4.69, 9.17) is 25.8 Å². The Balaban J connectivity index is 1.32. The summed E-state index contributed by atoms with van der Waals surface area (Å²) in [4.78, 5) is 29.8. The quantitative estimate of drug-likeness (QED) is 0.367. The molecule has 2 aromatic carbocycles. The average Bonchev–Trinajstić information content (AvgIpc) is 3.42. The van der Waals surface area contributed by atoms with Gasteiger partial charge in [0.15, 0.2) is 0 Å². The lowest BCUT2D eigenvalue weighted by Crippen LogP contribution is -2.49. The molecule has 276 valence electrons. The van der Waals surface area contributed by atoms with Gasteiger partial charge in [0, 0.05) is 61.3 Å². The smallest absolute Gasteiger partial charge is 0.286 e. The third-order valence-electron chi connectivity index (χ3n) is 11.0. The van der Waals surface area contributed by atoms with Crippen molar-refractivity contribution in [3.05, 3.63) is 69.9 Å². The molecular weight excluding hydrogens is 706 g/mol. The maximum atomic E-state index is 14.6. The van der Waals surface area contributed by atoms with Gasteiger partial charge in [0.2, 0.25) is 5.88 Å². The number of ether oxygens (including phenoxy) is 3. The highest BCUT2D eigenvalue weighted by atomic mass is 35.5. The van der Waals surface area contributed by atoms with Crippen LogP contribution in [-0.4, -0.2) is 82.8 Å². The number of aryl methyl sites for hydroxylation is 2. The van der Waals surface area contributed by atoms with Gasteiger partial charge >= 0.3 is 0 Å². The van der Waals surface area contributed by atoms with E-state index < -0.39 is 39.9 Å². The summed E-state index contributed by atoms with van der Waals surface area (Å²) in [5.74, 6) is 4.44. The standard InChI is InChI=1S/C38H44ClN5O7S/c1-23-20-52(48,42-36(47)29-19-43(2)40-37(29)50-4)41-35(46)25-8-13-34-31(17-25)44(18-26-7-10-28(26)33(49-3)14-12-32(23)45)21-38(22-51-34)15-5-6-24-16-27(39)9-11-30(24)38/h8-9,11,13,16-17,19,23,26,28,32-33,45H,5-7,10,15,18,20-22H2,1-4H3,(H,41,42,46,47,48)/t23-,26+,28-,32+,33+,38+,52+/m1/s1. The average molecular weight is 750 g/mol. The number of nitrogens with zero attached hydrogens (tertiary/aromatic N) is 4. The molecule has 1 fully saturated rings. The fourth-order valence-electron chi connectivity index (χ4n) is 8.11. The number of hydrogen-bond donors (Lipinski definition) is 2. The summed E-state index contributed by atoms with van der Waals surface area (Å²) in [6, 6.07) is 11.3. The van der Waals surface area contributed by atoms with Crippen molar-refractivity contribution in [2.45, 2.75) is 56.7 Å². The summed E-state index contributed by atoms with van der Waals surface area (Å²) in [7, 11) is 0.790. The Kier molecular flexibility index (Phi) is 10.0. The van der Waals surface area contributed by atoms with Crippen molar-refractivity contribution in [3.63, 3.8) is 0 Å². The van der Waals surface area contributed by atoms with Crippen LogP contribution in [0.4, 0.5) is 5.69 Å². The Bertz CT molecular complexity index is 2080. The molecule has 0 unspecified atom stereocenters. The summed E-state index contributed by atoms with van der Waals surface area (Å²) < 4.78 is 40.4. The van der Waals surface area contributed by atoms with E-state index in [-0.39, 0.29) is 40.0 Å². The zero-order chi connectivity index (χ0) is 36.8. The number of rotatable bonds is 4. The summed E-state index contributed by atoms with van der Waals surface area (Å²) in [5, 5.41) is 16.0. The molecule has 1 aromatic heterocycles. The first-order valence-electron chi connectivity index (χ1n) is 17.6. The predicted octanol–water partition coefficient (Wildman–Crippen LogP) is 4.56. The van der Waals surface area contributed by atoms with E-state index >= 15 is 0 Å². The number of fused-ring (bicyclic) bond motifs is 4. The van der Waals surface area contributed by atoms with Crippen LogP contribution in [-0.2, 0) is 33.5 Å². The van der Waals surface area contributed by atoms with Gasteiger partial charge < -0.3 is 24.2 Å². The first-order valence-corrected chi connectivity index (χ1v) is 19.7. The second kappa shape index (κ2) is 14.4. The molecule has 2 amide bonds. The van der Waals surface area contributed by atoms with Crippen LogP contribution in [0.3, 0.4) is 0 Å². The number of anilines is 1. The zero-order valence-electron chi connectivity index (χ0n) is 29.8. The molecule has 3 heterocycles. The highest BCUT2D eigenvalue weighted by molar-refractivity contribution is 7.92. The van der Waals surface area contributed by atoms with Crippen molar-refractivity contribution in [3.8, 4) is 23.5 Å². The minimum atomic E-state index is -3.82. The minimum Gasteiger partial charge on any atom is -0.490 e. The van der Waals surface area contributed by atoms with Crippen LogP contribution in [0, 0.1) is 29.6 Å². The number of carbonyl (C=O) groups is 2. The second-order valence-corrected chi connectivity index (χ2v) is 17.0. The van der Waals surface area contributed by atoms with Crippen LogP contribution >= 0.6 is 11.6 Å². The van der Waals surface area contributed by atoms with E-state index in [1.165, 1.54) is 29.1 Å². The second-order valence-electron chi connectivity index (χ2n) is 14.5. The number of amides is 2. The highest BCUT2D eigenvalue weighted by Gasteiger charge is 2.44. The molecule has 2 N–H and O–H groups in total. The number of hydrogen-bond acceptors (Lipinski definition) is 9. The van der Waals surface area contributed by atoms with Crippen molar-refractivity contribution < 1.29 is 33.1 Å². The first-order chi connectivity index (χ1) is 24.9. The van der Waals surface area contributed by atoms with E-state index in [9.17, 15) is 18.9 Å². The monoisotopic (exact) mass is 749 g/mol. The third kappa shape index (κ3) is 7.01. The summed E-state index contributed by atoms with van der Waals surface area (Å²) in [5.41, 5.74) is 3.09. The maximum absolute atomic E-state index is 14.6. The Morgan fingerprint density at radius 3 is 2.77 bits per heavy atom. The molecule has 2 bridgehead atoms. The Hall–Kier alpha value is -4.09. The molecule has 3 aromatic rings. The van der Waals surface area contributed by atoms with Crippen molar-refractivity contribution in [2.75, 3.05) is 44.6 Å². The van der Waals surface area contributed by atoms with Gasteiger partial charge in [-0.3, -0.25) is 19.0 Å². The lowest BCUT2D eigenvalue weighted by Gasteiger charge is -2.45. The van der Waals surface area contributed by atoms with E-state index in [0.717, 1.165) is 37.8 Å². The van der Waals surface area contributed by atoms with Crippen LogP contribution < -0.4 is 19.1 Å². The molecule has 0 radical (unpaired) electrons. The largest absolute Gasteiger partial charge is 0.490 e. The van der Waals surface area contributed by atoms with Crippen molar-refractivity contribution in [2.24, 2.45) is 29.2 Å². The maximum Gasteiger partial charge on any atom is 0.286 e. The lowest BCUT2D eigenvalue weighted by atomic mass is 9.68. The van der Waals surface area contributed by atoms with Gasteiger partial charge in [-0.25, -0.2) is 4.21 Å². The van der Waals surface area contributed by atoms with Gasteiger partial charge in [-0.15, -0.1) is 9.46 Å². The number of methoxy groups -OCH3 is 2. The van der Waals surface area contributed by atoms with E-state index in [2.05, 4.69) is 43.1 Å². The highest BCUT2D eigenvalue weighted by Crippen LogP contribution is 2.47. The van der Waals surface area contributed by atoms with Gasteiger partial charge in [0.05, 0.1) is 25.2 Å². The Morgan fingerprint density at radius 2 is 2.02 bits per heavy atom. The fraction of sp³-hybridized carbons (Fsp3) is 0.500. The Labute approximate surface area is 309 Å². The number of benzene rings is 2. The molecule has 7 atom stereocenters. The van der Waals surface area contributed by atoms with Gasteiger partial charge in [-0.1, -0.05) is 36.4 Å². The number of aliphatic hydroxyl groups is 1. The van der Waals surface area contributed by atoms with E-state index in [1.807, 2.05) is 6.07 Å². The molecule has 1 spiro atoms. The molecule has 14 heteroatoms. The molecule has 4 aliphatic rings. The predicted molar refractivity (Wildman–Crippen MR) is 197 cm³/mol. The van der Waals surface area contributed by atoms with Crippen LogP contribution in [0.1, 0.15) is 64.4 Å². The van der Waals surface area contributed by atoms with Crippen molar-refractivity contribution in [1.29, 1.82) is 0 Å². The SMILES string of the molecule is COc1nn(C)cc1C(=O)N[S@@]1(=O)=NC(=O)c2ccc3c(c2)N(C[C@@H]2CC[C@H]2[C@@H](OC)C#C[C@H](O)[C@H](C)C1)C[C@@]1(CCCc2cc(Cl)ccc21)CO3. The molecule has 12 nitrogen and oxygen atoms in total. The number of halogens is 1. The molecule has 7 rings (SSSR count). The van der Waals surface area contributed by atoms with Crippen LogP contribution in [0.15, 0.2) is 47.0 Å². The van der Waals surface area contributed by atoms with Crippen LogP contribution in [0.5, 0.6) is 11.6 Å². The normalized spacial score (nSPS) is 29.9.